The molecule has 0 saturated heterocycles. The van der Waals surface area contributed by atoms with E-state index in [9.17, 15) is 25.9 Å². The highest BCUT2D eigenvalue weighted by Crippen LogP contribution is 2.28. The first-order valence-corrected chi connectivity index (χ1v) is 16.2. The molecular formula is C26H20Cl2N10O6S2. The summed E-state index contributed by atoms with van der Waals surface area (Å²) in [7, 11) is -9.58. The molecule has 0 fully saturated rings. The number of benzene rings is 3. The third-order valence-corrected chi connectivity index (χ3v) is 7.96. The first-order valence-electron chi connectivity index (χ1n) is 12.6. The summed E-state index contributed by atoms with van der Waals surface area (Å²) in [4.78, 5) is 22.5. The minimum Gasteiger partial charge on any atom is -0.368 e. The van der Waals surface area contributed by atoms with Crippen molar-refractivity contribution in [1.82, 2.24) is 29.9 Å². The van der Waals surface area contributed by atoms with Crippen LogP contribution in [0.1, 0.15) is 11.1 Å². The van der Waals surface area contributed by atoms with E-state index in [1.807, 2.05) is 6.07 Å². The number of halogens is 2. The Morgan fingerprint density at radius 1 is 0.587 bits per heavy atom. The van der Waals surface area contributed by atoms with Gasteiger partial charge >= 0.3 is 0 Å². The van der Waals surface area contributed by atoms with Crippen LogP contribution in [0.4, 0.5) is 40.9 Å². The summed E-state index contributed by atoms with van der Waals surface area (Å²) < 4.78 is 68.9. The van der Waals surface area contributed by atoms with Crippen LogP contribution < -0.4 is 21.7 Å². The summed E-state index contributed by atoms with van der Waals surface area (Å²) in [6.07, 6.45) is 2.47. The summed E-state index contributed by atoms with van der Waals surface area (Å²) in [5.41, 5.74) is 6.48. The standard InChI is InChI=1S/C26H20Cl2N10O6S2/c27-21-33-23(29)37-24(34-21)31-17-10-8-14(19(12-17)45(39,40)41)6-7-15-9-11-18(13-20(15)46(42,43)44)32-26-36-22(28)35-25(38-26)30-16-4-2-1-3-5-16/h1-13H,(H,39,40,41)(H,42,43,44)(H3,29,31,33,34,37)(H2,30,32,35,36,38)/b7-6+. The lowest BCUT2D eigenvalue weighted by Gasteiger charge is -2.11. The minimum atomic E-state index is -4.80. The third kappa shape index (κ3) is 8.38. The van der Waals surface area contributed by atoms with Gasteiger partial charge in [0.25, 0.3) is 20.2 Å². The minimum absolute atomic E-state index is 0.0213. The fraction of sp³-hybridized carbons (Fsp3) is 0. The number of aromatic nitrogens is 6. The summed E-state index contributed by atoms with van der Waals surface area (Å²) in [5, 5.41) is 8.12. The van der Waals surface area contributed by atoms with E-state index in [1.165, 1.54) is 36.4 Å². The SMILES string of the molecule is Nc1nc(Cl)nc(Nc2ccc(/C=C/c3ccc(Nc4nc(Cl)nc(Nc5ccccc5)n4)cc3S(=O)(=O)O)c(S(=O)(=O)O)c2)n1. The fourth-order valence-electron chi connectivity index (χ4n) is 3.92. The molecule has 2 aromatic heterocycles. The smallest absolute Gasteiger partial charge is 0.295 e. The third-order valence-electron chi connectivity index (χ3n) is 5.80. The molecule has 0 aliphatic rings. The van der Waals surface area contributed by atoms with Crippen LogP contribution in [0.3, 0.4) is 0 Å². The fourth-order valence-corrected chi connectivity index (χ4v) is 5.66. The molecule has 16 nitrogen and oxygen atoms in total. The molecule has 5 rings (SSSR count). The van der Waals surface area contributed by atoms with Crippen LogP contribution in [0.5, 0.6) is 0 Å². The largest absolute Gasteiger partial charge is 0.368 e. The lowest BCUT2D eigenvalue weighted by atomic mass is 10.1. The summed E-state index contributed by atoms with van der Waals surface area (Å²) >= 11 is 11.8. The van der Waals surface area contributed by atoms with Crippen molar-refractivity contribution in [3.05, 3.63) is 88.4 Å². The quantitative estimate of drug-likeness (QED) is 0.0841. The van der Waals surface area contributed by atoms with Gasteiger partial charge < -0.3 is 21.7 Å². The number of nitrogens with zero attached hydrogens (tertiary/aromatic N) is 6. The summed E-state index contributed by atoms with van der Waals surface area (Å²) in [5.74, 6) is -0.191. The van der Waals surface area contributed by atoms with Gasteiger partial charge in [0.15, 0.2) is 0 Å². The first kappa shape index (κ1) is 32.4. The number of hydrogen-bond acceptors (Lipinski definition) is 14. The van der Waals surface area contributed by atoms with E-state index in [4.69, 9.17) is 28.9 Å². The van der Waals surface area contributed by atoms with Gasteiger partial charge in [-0.15, -0.1) is 0 Å². The molecule has 236 valence electrons. The van der Waals surface area contributed by atoms with Crippen LogP contribution in [0, 0.1) is 0 Å². The van der Waals surface area contributed by atoms with Gasteiger partial charge in [-0.25, -0.2) is 0 Å². The maximum absolute atomic E-state index is 12.3. The van der Waals surface area contributed by atoms with Gasteiger partial charge in [0.2, 0.25) is 34.4 Å². The number of rotatable bonds is 10. The molecule has 0 radical (unpaired) electrons. The van der Waals surface area contributed by atoms with Crippen molar-refractivity contribution in [1.29, 1.82) is 0 Å². The predicted octanol–water partition coefficient (Wildman–Crippen LogP) is 4.84. The van der Waals surface area contributed by atoms with E-state index in [-0.39, 0.29) is 56.9 Å². The lowest BCUT2D eigenvalue weighted by molar-refractivity contribution is 0.480. The molecule has 5 aromatic rings. The molecule has 0 amide bonds. The Hall–Kier alpha value is -4.98. The Labute approximate surface area is 271 Å². The maximum Gasteiger partial charge on any atom is 0.295 e. The van der Waals surface area contributed by atoms with Crippen molar-refractivity contribution in [2.75, 3.05) is 21.7 Å². The molecule has 0 atom stereocenters. The second-order valence-electron chi connectivity index (χ2n) is 9.07. The monoisotopic (exact) mass is 702 g/mol. The molecule has 0 aliphatic carbocycles. The molecule has 7 N–H and O–H groups in total. The number of hydrogen-bond donors (Lipinski definition) is 6. The van der Waals surface area contributed by atoms with Gasteiger partial charge in [0.05, 0.1) is 0 Å². The van der Waals surface area contributed by atoms with Crippen LogP contribution in [0.2, 0.25) is 10.6 Å². The number of nitrogens with one attached hydrogen (secondary N) is 3. The Kier molecular flexibility index (Phi) is 9.28. The second kappa shape index (κ2) is 13.2. The Balaban J connectivity index is 1.43. The number of nitrogens with two attached hydrogens (primary N) is 1. The number of nitrogen functional groups attached to an aromatic ring is 1. The normalized spacial score (nSPS) is 11.8. The Morgan fingerprint density at radius 3 is 1.48 bits per heavy atom. The van der Waals surface area contributed by atoms with Gasteiger partial charge in [-0.05, 0) is 70.7 Å². The van der Waals surface area contributed by atoms with Crippen molar-refractivity contribution < 1.29 is 25.9 Å². The molecule has 0 bridgehead atoms. The molecule has 0 aliphatic heterocycles. The number of anilines is 7. The Bertz CT molecular complexity index is 2170. The topological polar surface area (TPSA) is 248 Å². The zero-order chi connectivity index (χ0) is 33.1. The highest BCUT2D eigenvalue weighted by Gasteiger charge is 2.18. The molecular weight excluding hydrogens is 683 g/mol. The lowest BCUT2D eigenvalue weighted by Crippen LogP contribution is -2.06. The first-order chi connectivity index (χ1) is 21.7. The van der Waals surface area contributed by atoms with Crippen LogP contribution in [0.25, 0.3) is 12.2 Å². The molecule has 20 heteroatoms. The van der Waals surface area contributed by atoms with Crippen molar-refractivity contribution in [2.24, 2.45) is 0 Å². The van der Waals surface area contributed by atoms with Crippen molar-refractivity contribution >= 4 is 96.4 Å². The molecule has 0 unspecified atom stereocenters. The molecule has 0 saturated carbocycles. The highest BCUT2D eigenvalue weighted by atomic mass is 35.5. The van der Waals surface area contributed by atoms with Crippen molar-refractivity contribution in [3.63, 3.8) is 0 Å². The zero-order valence-corrected chi connectivity index (χ0v) is 26.0. The average molecular weight is 704 g/mol. The van der Waals surface area contributed by atoms with E-state index in [1.54, 1.807) is 24.3 Å². The second-order valence-corrected chi connectivity index (χ2v) is 12.5. The van der Waals surface area contributed by atoms with E-state index >= 15 is 0 Å². The van der Waals surface area contributed by atoms with E-state index in [2.05, 4.69) is 45.9 Å². The van der Waals surface area contributed by atoms with Crippen LogP contribution in [-0.4, -0.2) is 55.8 Å². The van der Waals surface area contributed by atoms with Gasteiger partial charge in [0, 0.05) is 17.1 Å². The maximum atomic E-state index is 12.3. The molecule has 2 heterocycles. The van der Waals surface area contributed by atoms with E-state index in [0.29, 0.717) is 5.69 Å². The van der Waals surface area contributed by atoms with Crippen LogP contribution in [0.15, 0.2) is 76.5 Å². The van der Waals surface area contributed by atoms with E-state index in [0.717, 1.165) is 12.1 Å². The zero-order valence-electron chi connectivity index (χ0n) is 22.9. The van der Waals surface area contributed by atoms with Crippen LogP contribution in [-0.2, 0) is 20.2 Å². The van der Waals surface area contributed by atoms with Crippen molar-refractivity contribution in [2.45, 2.75) is 9.79 Å². The highest BCUT2D eigenvalue weighted by molar-refractivity contribution is 7.86. The predicted molar refractivity (Wildman–Crippen MR) is 172 cm³/mol. The van der Waals surface area contributed by atoms with Gasteiger partial charge in [-0.1, -0.05) is 42.5 Å². The molecule has 3 aromatic carbocycles. The van der Waals surface area contributed by atoms with Gasteiger partial charge in [0.1, 0.15) is 9.79 Å². The average Bonchev–Trinajstić information content (AvgIpc) is 2.95. The van der Waals surface area contributed by atoms with E-state index < -0.39 is 30.0 Å². The Morgan fingerprint density at radius 2 is 1.02 bits per heavy atom. The van der Waals surface area contributed by atoms with Gasteiger partial charge in [-0.2, -0.15) is 46.7 Å². The van der Waals surface area contributed by atoms with Gasteiger partial charge in [-0.3, -0.25) is 9.11 Å². The van der Waals surface area contributed by atoms with Crippen molar-refractivity contribution in [3.8, 4) is 0 Å². The number of para-hydroxylation sites is 1. The van der Waals surface area contributed by atoms with Crippen LogP contribution >= 0.6 is 23.2 Å². The molecule has 0 spiro atoms. The molecule has 46 heavy (non-hydrogen) atoms. The summed E-state index contributed by atoms with van der Waals surface area (Å²) in [6, 6.07) is 16.8. The summed E-state index contributed by atoms with van der Waals surface area (Å²) in [6.45, 7) is 0.